The molecule has 1 N–H and O–H groups in total. The van der Waals surface area contributed by atoms with Gasteiger partial charge in [0.1, 0.15) is 17.3 Å². The molecule has 1 heterocycles. The Bertz CT molecular complexity index is 610. The molecule has 6 heteroatoms. The molecule has 0 aliphatic heterocycles. The highest BCUT2D eigenvalue weighted by atomic mass is 35.5. The number of hydrogen-bond donors (Lipinski definition) is 1. The number of aryl methyl sites for hydroxylation is 1. The Morgan fingerprint density at radius 2 is 2.28 bits per heavy atom. The molecule has 0 bridgehead atoms. The van der Waals surface area contributed by atoms with Crippen molar-refractivity contribution in [2.75, 3.05) is 0 Å². The molecule has 0 aliphatic rings. The lowest BCUT2D eigenvalue weighted by Crippen LogP contribution is -2.10. The molecule has 0 saturated carbocycles. The quantitative estimate of drug-likeness (QED) is 0.931. The van der Waals surface area contributed by atoms with E-state index in [1.165, 1.54) is 22.9 Å². The Balaban J connectivity index is 2.36. The summed E-state index contributed by atoms with van der Waals surface area (Å²) in [5.41, 5.74) is 0.804. The van der Waals surface area contributed by atoms with Crippen LogP contribution in [0.5, 0.6) is 0 Å². The maximum atomic E-state index is 13.0. The number of hydrogen-bond acceptors (Lipinski definition) is 2. The maximum absolute atomic E-state index is 13.0. The summed E-state index contributed by atoms with van der Waals surface area (Å²) in [5.74, 6) is -0.974. The van der Waals surface area contributed by atoms with Crippen LogP contribution in [0.4, 0.5) is 4.39 Å². The van der Waals surface area contributed by atoms with Gasteiger partial charge >= 0.3 is 5.97 Å². The Morgan fingerprint density at radius 3 is 2.89 bits per heavy atom. The van der Waals surface area contributed by atoms with Crippen LogP contribution in [0.2, 0.25) is 5.02 Å². The van der Waals surface area contributed by atoms with Gasteiger partial charge in [-0.15, -0.1) is 0 Å². The summed E-state index contributed by atoms with van der Waals surface area (Å²) in [6.07, 6.45) is 1.29. The van der Waals surface area contributed by atoms with Gasteiger partial charge in [0.15, 0.2) is 0 Å². The molecule has 1 aromatic carbocycles. The zero-order chi connectivity index (χ0) is 13.3. The molecular formula is C12H10ClFN2O2. The third-order valence-electron chi connectivity index (χ3n) is 2.60. The van der Waals surface area contributed by atoms with E-state index >= 15 is 0 Å². The van der Waals surface area contributed by atoms with Crippen molar-refractivity contribution in [2.24, 2.45) is 0 Å². The molecule has 18 heavy (non-hydrogen) atoms. The first-order valence-corrected chi connectivity index (χ1v) is 5.56. The van der Waals surface area contributed by atoms with Crippen molar-refractivity contribution >= 4 is 17.6 Å². The summed E-state index contributed by atoms with van der Waals surface area (Å²) in [6.45, 7) is 1.99. The van der Waals surface area contributed by atoms with Crippen molar-refractivity contribution in [3.05, 3.63) is 52.3 Å². The van der Waals surface area contributed by atoms with Crippen LogP contribution in [0.15, 0.2) is 24.4 Å². The third kappa shape index (κ3) is 2.36. The van der Waals surface area contributed by atoms with Gasteiger partial charge in [-0.1, -0.05) is 17.7 Å². The molecule has 0 atom stereocenters. The summed E-state index contributed by atoms with van der Waals surface area (Å²) >= 11 is 5.68. The largest absolute Gasteiger partial charge is 0.477 e. The van der Waals surface area contributed by atoms with Gasteiger partial charge < -0.3 is 9.67 Å². The van der Waals surface area contributed by atoms with Gasteiger partial charge in [0, 0.05) is 6.54 Å². The van der Waals surface area contributed by atoms with Crippen LogP contribution >= 0.6 is 11.6 Å². The first-order valence-electron chi connectivity index (χ1n) is 5.18. The predicted octanol–water partition coefficient (Wildman–Crippen LogP) is 2.73. The van der Waals surface area contributed by atoms with Crippen molar-refractivity contribution in [2.45, 2.75) is 13.5 Å². The molecule has 0 spiro atoms. The van der Waals surface area contributed by atoms with E-state index in [-0.39, 0.29) is 17.3 Å². The van der Waals surface area contributed by atoms with Gasteiger partial charge in [-0.3, -0.25) is 0 Å². The van der Waals surface area contributed by atoms with Crippen LogP contribution in [-0.2, 0) is 6.54 Å². The highest BCUT2D eigenvalue weighted by molar-refractivity contribution is 6.30. The fourth-order valence-corrected chi connectivity index (χ4v) is 1.86. The Hall–Kier alpha value is -1.88. The summed E-state index contributed by atoms with van der Waals surface area (Å²) < 4.78 is 14.6. The average Bonchev–Trinajstić information content (AvgIpc) is 2.66. The van der Waals surface area contributed by atoms with Gasteiger partial charge in [-0.05, 0) is 24.6 Å². The van der Waals surface area contributed by atoms with E-state index in [9.17, 15) is 9.18 Å². The van der Waals surface area contributed by atoms with Crippen LogP contribution in [0.1, 0.15) is 21.9 Å². The molecule has 0 saturated heterocycles. The number of benzene rings is 1. The topological polar surface area (TPSA) is 55.1 Å². The highest BCUT2D eigenvalue weighted by Gasteiger charge is 2.13. The van der Waals surface area contributed by atoms with Crippen molar-refractivity contribution in [3.8, 4) is 0 Å². The second kappa shape index (κ2) is 4.78. The number of carbonyl (C=O) groups is 1. The fourth-order valence-electron chi connectivity index (χ4n) is 1.66. The number of nitrogens with zero attached hydrogens (tertiary/aromatic N) is 2. The number of carboxylic acids is 1. The molecular weight excluding hydrogens is 259 g/mol. The molecule has 0 aliphatic carbocycles. The summed E-state index contributed by atoms with van der Waals surface area (Å²) in [4.78, 5) is 14.9. The van der Waals surface area contributed by atoms with E-state index in [0.29, 0.717) is 11.4 Å². The zero-order valence-electron chi connectivity index (χ0n) is 9.52. The minimum absolute atomic E-state index is 0.0159. The molecule has 0 radical (unpaired) electrons. The van der Waals surface area contributed by atoms with E-state index in [1.807, 2.05) is 0 Å². The monoisotopic (exact) mass is 268 g/mol. The molecule has 94 valence electrons. The molecule has 0 fully saturated rings. The van der Waals surface area contributed by atoms with Gasteiger partial charge in [-0.25, -0.2) is 14.2 Å². The second-order valence-electron chi connectivity index (χ2n) is 3.83. The summed E-state index contributed by atoms with van der Waals surface area (Å²) in [5, 5.41) is 9.02. The Kier molecular flexibility index (Phi) is 3.34. The molecule has 4 nitrogen and oxygen atoms in total. The smallest absolute Gasteiger partial charge is 0.354 e. The van der Waals surface area contributed by atoms with Crippen LogP contribution < -0.4 is 0 Å². The van der Waals surface area contributed by atoms with Crippen molar-refractivity contribution in [1.82, 2.24) is 9.55 Å². The van der Waals surface area contributed by atoms with E-state index in [0.717, 1.165) is 0 Å². The minimum atomic E-state index is -1.05. The summed E-state index contributed by atoms with van der Waals surface area (Å²) in [7, 11) is 0. The lowest BCUT2D eigenvalue weighted by molar-refractivity contribution is 0.0685. The van der Waals surface area contributed by atoms with Gasteiger partial charge in [-0.2, -0.15) is 0 Å². The number of halogens is 2. The second-order valence-corrected chi connectivity index (χ2v) is 4.24. The van der Waals surface area contributed by atoms with Crippen molar-refractivity contribution in [1.29, 1.82) is 0 Å². The molecule has 2 rings (SSSR count). The van der Waals surface area contributed by atoms with Crippen molar-refractivity contribution in [3.63, 3.8) is 0 Å². The number of rotatable bonds is 3. The lowest BCUT2D eigenvalue weighted by atomic mass is 10.2. The number of aromatic nitrogens is 2. The van der Waals surface area contributed by atoms with E-state index in [4.69, 9.17) is 16.7 Å². The number of aromatic carboxylic acids is 1. The standard InChI is InChI=1S/C12H10ClFN2O2/c1-7-15-5-11(12(17)18)16(7)6-8-2-3-10(14)9(13)4-8/h2-5H,6H2,1H3,(H,17,18). The predicted molar refractivity (Wildman–Crippen MR) is 64.4 cm³/mol. The van der Waals surface area contributed by atoms with Gasteiger partial charge in [0.2, 0.25) is 0 Å². The fraction of sp³-hybridized carbons (Fsp3) is 0.167. The molecule has 1 aromatic heterocycles. The number of imidazole rings is 1. The third-order valence-corrected chi connectivity index (χ3v) is 2.89. The summed E-state index contributed by atoms with van der Waals surface area (Å²) in [6, 6.07) is 4.29. The van der Waals surface area contributed by atoms with Crippen molar-refractivity contribution < 1.29 is 14.3 Å². The molecule has 0 amide bonds. The first-order chi connectivity index (χ1) is 8.49. The van der Waals surface area contributed by atoms with Crippen LogP contribution in [0.3, 0.4) is 0 Å². The molecule has 0 unspecified atom stereocenters. The maximum Gasteiger partial charge on any atom is 0.354 e. The normalized spacial score (nSPS) is 10.6. The highest BCUT2D eigenvalue weighted by Crippen LogP contribution is 2.18. The SMILES string of the molecule is Cc1ncc(C(=O)O)n1Cc1ccc(F)c(Cl)c1. The van der Waals surface area contributed by atoms with Gasteiger partial charge in [0.05, 0.1) is 11.2 Å². The van der Waals surface area contributed by atoms with Crippen LogP contribution in [0.25, 0.3) is 0 Å². The van der Waals surface area contributed by atoms with Crippen LogP contribution in [-0.4, -0.2) is 20.6 Å². The van der Waals surface area contributed by atoms with E-state index < -0.39 is 11.8 Å². The van der Waals surface area contributed by atoms with Crippen LogP contribution in [0, 0.1) is 12.7 Å². The van der Waals surface area contributed by atoms with E-state index in [1.54, 1.807) is 13.0 Å². The number of carboxylic acid groups (broad SMARTS) is 1. The van der Waals surface area contributed by atoms with Gasteiger partial charge in [0.25, 0.3) is 0 Å². The minimum Gasteiger partial charge on any atom is -0.477 e. The first kappa shape index (κ1) is 12.6. The average molecular weight is 269 g/mol. The Morgan fingerprint density at radius 1 is 1.56 bits per heavy atom. The molecule has 2 aromatic rings. The van der Waals surface area contributed by atoms with E-state index in [2.05, 4.69) is 4.98 Å². The Labute approximate surface area is 108 Å². The lowest BCUT2D eigenvalue weighted by Gasteiger charge is -2.08. The zero-order valence-corrected chi connectivity index (χ0v) is 10.3.